The molecule has 1 N–H and O–H groups in total. The number of carbonyl (C=O) groups excluding carboxylic acids is 1. The fourth-order valence-electron chi connectivity index (χ4n) is 1.94. The minimum absolute atomic E-state index is 0.0608. The van der Waals surface area contributed by atoms with E-state index in [-0.39, 0.29) is 11.3 Å². The van der Waals surface area contributed by atoms with Crippen molar-refractivity contribution >= 4 is 11.6 Å². The van der Waals surface area contributed by atoms with Crippen LogP contribution >= 0.6 is 0 Å². The average molecular weight is 287 g/mol. The summed E-state index contributed by atoms with van der Waals surface area (Å²) in [5.41, 5.74) is 2.15. The van der Waals surface area contributed by atoms with Crippen molar-refractivity contribution in [3.63, 3.8) is 0 Å². The van der Waals surface area contributed by atoms with Gasteiger partial charge in [0.05, 0.1) is 0 Å². The van der Waals surface area contributed by atoms with E-state index in [1.165, 1.54) is 5.56 Å². The monoisotopic (exact) mass is 287 g/mol. The van der Waals surface area contributed by atoms with Crippen LogP contribution in [0.25, 0.3) is 0 Å². The Morgan fingerprint density at radius 3 is 2.38 bits per heavy atom. The van der Waals surface area contributed by atoms with E-state index in [0.717, 1.165) is 5.69 Å². The van der Waals surface area contributed by atoms with Gasteiger partial charge in [0.2, 0.25) is 17.7 Å². The largest absolute Gasteiger partial charge is 0.426 e. The van der Waals surface area contributed by atoms with Gasteiger partial charge in [-0.25, -0.2) is 0 Å². The van der Waals surface area contributed by atoms with Crippen LogP contribution in [0.3, 0.4) is 0 Å². The van der Waals surface area contributed by atoms with Crippen LogP contribution in [-0.4, -0.2) is 16.1 Å². The van der Waals surface area contributed by atoms with Crippen LogP contribution in [0.15, 0.2) is 28.7 Å². The summed E-state index contributed by atoms with van der Waals surface area (Å²) < 4.78 is 5.24. The van der Waals surface area contributed by atoms with Crippen LogP contribution in [0.4, 0.5) is 5.69 Å². The van der Waals surface area contributed by atoms with Crippen molar-refractivity contribution in [2.75, 3.05) is 5.32 Å². The van der Waals surface area contributed by atoms with Gasteiger partial charge in [-0.2, -0.15) is 0 Å². The predicted molar refractivity (Wildman–Crippen MR) is 81.1 cm³/mol. The van der Waals surface area contributed by atoms with Crippen molar-refractivity contribution in [3.05, 3.63) is 41.6 Å². The van der Waals surface area contributed by atoms with E-state index in [1.54, 1.807) is 6.92 Å². The number of amides is 1. The van der Waals surface area contributed by atoms with Crippen LogP contribution in [0, 0.1) is 6.92 Å². The fraction of sp³-hybridized carbons (Fsp3) is 0.438. The molecule has 0 unspecified atom stereocenters. The first-order chi connectivity index (χ1) is 9.84. The molecule has 0 aliphatic carbocycles. The molecule has 0 saturated carbocycles. The molecular formula is C16H21N3O2. The summed E-state index contributed by atoms with van der Waals surface area (Å²) in [4.78, 5) is 11.9. The third-order valence-electron chi connectivity index (χ3n) is 3.17. The Balaban J connectivity index is 1.88. The quantitative estimate of drug-likeness (QED) is 0.937. The van der Waals surface area contributed by atoms with Gasteiger partial charge < -0.3 is 9.73 Å². The average Bonchev–Trinajstić information content (AvgIpc) is 2.82. The molecule has 0 bridgehead atoms. The SMILES string of the molecule is Cc1nnc(CCC(=O)Nc2ccc(C(C)(C)C)cc2)o1. The Labute approximate surface area is 124 Å². The van der Waals surface area contributed by atoms with Crippen molar-refractivity contribution in [2.24, 2.45) is 0 Å². The first-order valence-electron chi connectivity index (χ1n) is 7.04. The molecule has 0 atom stereocenters. The highest BCUT2D eigenvalue weighted by molar-refractivity contribution is 5.90. The number of nitrogens with one attached hydrogen (secondary N) is 1. The van der Waals surface area contributed by atoms with Crippen molar-refractivity contribution < 1.29 is 9.21 Å². The summed E-state index contributed by atoms with van der Waals surface area (Å²) in [6, 6.07) is 7.93. The lowest BCUT2D eigenvalue weighted by Crippen LogP contribution is -2.14. The lowest BCUT2D eigenvalue weighted by molar-refractivity contribution is -0.116. The maximum atomic E-state index is 11.9. The van der Waals surface area contributed by atoms with Gasteiger partial charge in [-0.15, -0.1) is 10.2 Å². The first kappa shape index (κ1) is 15.2. The number of benzene rings is 1. The van der Waals surface area contributed by atoms with Gasteiger partial charge >= 0.3 is 0 Å². The number of carbonyl (C=O) groups is 1. The molecule has 0 aliphatic rings. The van der Waals surface area contributed by atoms with Crippen LogP contribution in [-0.2, 0) is 16.6 Å². The maximum absolute atomic E-state index is 11.9. The van der Waals surface area contributed by atoms with E-state index in [4.69, 9.17) is 4.42 Å². The number of hydrogen-bond acceptors (Lipinski definition) is 4. The smallest absolute Gasteiger partial charge is 0.224 e. The van der Waals surface area contributed by atoms with Crippen molar-refractivity contribution in [1.29, 1.82) is 0 Å². The summed E-state index contributed by atoms with van der Waals surface area (Å²) in [6.07, 6.45) is 0.773. The van der Waals surface area contributed by atoms with Gasteiger partial charge in [0.1, 0.15) is 0 Å². The second-order valence-corrected chi connectivity index (χ2v) is 6.09. The molecule has 1 aromatic carbocycles. The molecule has 2 rings (SSSR count). The van der Waals surface area contributed by atoms with Gasteiger partial charge in [0.15, 0.2) is 0 Å². The van der Waals surface area contributed by atoms with Gasteiger partial charge in [-0.05, 0) is 23.1 Å². The lowest BCUT2D eigenvalue weighted by atomic mass is 9.87. The van der Waals surface area contributed by atoms with Gasteiger partial charge in [0, 0.05) is 25.5 Å². The topological polar surface area (TPSA) is 68.0 Å². The molecule has 0 saturated heterocycles. The minimum Gasteiger partial charge on any atom is -0.426 e. The number of hydrogen-bond donors (Lipinski definition) is 1. The van der Waals surface area contributed by atoms with Crippen LogP contribution in [0.5, 0.6) is 0 Å². The molecule has 1 aromatic heterocycles. The molecule has 0 spiro atoms. The highest BCUT2D eigenvalue weighted by atomic mass is 16.4. The van der Waals surface area contributed by atoms with Crippen LogP contribution < -0.4 is 5.32 Å². The fourth-order valence-corrected chi connectivity index (χ4v) is 1.94. The highest BCUT2D eigenvalue weighted by Gasteiger charge is 2.13. The molecule has 5 nitrogen and oxygen atoms in total. The molecule has 0 fully saturated rings. The Hall–Kier alpha value is -2.17. The zero-order valence-corrected chi connectivity index (χ0v) is 12.9. The Bertz CT molecular complexity index is 609. The maximum Gasteiger partial charge on any atom is 0.224 e. The highest BCUT2D eigenvalue weighted by Crippen LogP contribution is 2.23. The van der Waals surface area contributed by atoms with E-state index in [2.05, 4.69) is 36.3 Å². The normalized spacial score (nSPS) is 11.4. The standard InChI is InChI=1S/C16H21N3O2/c1-11-18-19-15(21-11)10-9-14(20)17-13-7-5-12(6-8-13)16(2,3)4/h5-8H,9-10H2,1-4H3,(H,17,20). The number of nitrogens with zero attached hydrogens (tertiary/aromatic N) is 2. The zero-order valence-electron chi connectivity index (χ0n) is 12.9. The zero-order chi connectivity index (χ0) is 15.5. The summed E-state index contributed by atoms with van der Waals surface area (Å²) in [5.74, 6) is 0.947. The Morgan fingerprint density at radius 1 is 1.19 bits per heavy atom. The summed E-state index contributed by atoms with van der Waals surface area (Å²) in [7, 11) is 0. The third kappa shape index (κ3) is 4.41. The number of aromatic nitrogens is 2. The molecule has 21 heavy (non-hydrogen) atoms. The van der Waals surface area contributed by atoms with Crippen molar-refractivity contribution in [1.82, 2.24) is 10.2 Å². The Morgan fingerprint density at radius 2 is 1.86 bits per heavy atom. The molecular weight excluding hydrogens is 266 g/mol. The molecule has 1 amide bonds. The van der Waals surface area contributed by atoms with Crippen molar-refractivity contribution in [3.8, 4) is 0 Å². The number of anilines is 1. The molecule has 1 heterocycles. The predicted octanol–water partition coefficient (Wildman–Crippen LogP) is 3.25. The second-order valence-electron chi connectivity index (χ2n) is 6.09. The lowest BCUT2D eigenvalue weighted by Gasteiger charge is -2.19. The van der Waals surface area contributed by atoms with E-state index >= 15 is 0 Å². The second kappa shape index (κ2) is 6.08. The van der Waals surface area contributed by atoms with Gasteiger partial charge in [0.25, 0.3) is 0 Å². The molecule has 5 heteroatoms. The van der Waals surface area contributed by atoms with E-state index < -0.39 is 0 Å². The molecule has 0 aliphatic heterocycles. The molecule has 0 radical (unpaired) electrons. The van der Waals surface area contributed by atoms with Crippen molar-refractivity contribution in [2.45, 2.75) is 46.0 Å². The number of rotatable bonds is 4. The third-order valence-corrected chi connectivity index (χ3v) is 3.17. The molecule has 2 aromatic rings. The molecule has 112 valence electrons. The summed E-state index contributed by atoms with van der Waals surface area (Å²) >= 11 is 0. The summed E-state index contributed by atoms with van der Waals surface area (Å²) in [6.45, 7) is 8.21. The summed E-state index contributed by atoms with van der Waals surface area (Å²) in [5, 5.41) is 10.5. The first-order valence-corrected chi connectivity index (χ1v) is 7.04. The van der Waals surface area contributed by atoms with E-state index in [1.807, 2.05) is 24.3 Å². The van der Waals surface area contributed by atoms with E-state index in [0.29, 0.717) is 24.6 Å². The van der Waals surface area contributed by atoms with Crippen LogP contribution in [0.1, 0.15) is 44.5 Å². The van der Waals surface area contributed by atoms with E-state index in [9.17, 15) is 4.79 Å². The van der Waals surface area contributed by atoms with Crippen LogP contribution in [0.2, 0.25) is 0 Å². The Kier molecular flexibility index (Phi) is 4.40. The minimum atomic E-state index is -0.0608. The van der Waals surface area contributed by atoms with Gasteiger partial charge in [-0.1, -0.05) is 32.9 Å². The number of aryl methyl sites for hydroxylation is 2. The van der Waals surface area contributed by atoms with Gasteiger partial charge in [-0.3, -0.25) is 4.79 Å².